The third kappa shape index (κ3) is 10.9. The van der Waals surface area contributed by atoms with E-state index in [0.29, 0.717) is 24.9 Å². The molecule has 0 radical (unpaired) electrons. The average Bonchev–Trinajstić information content (AvgIpc) is 3.43. The van der Waals surface area contributed by atoms with Crippen LogP contribution in [0.4, 0.5) is 0 Å². The molecule has 8 nitrogen and oxygen atoms in total. The molecule has 0 saturated carbocycles. The van der Waals surface area contributed by atoms with Crippen molar-refractivity contribution in [3.63, 3.8) is 0 Å². The zero-order chi connectivity index (χ0) is 32.8. The maximum Gasteiger partial charge on any atom is 0.311 e. The van der Waals surface area contributed by atoms with Gasteiger partial charge in [0.1, 0.15) is 0 Å². The van der Waals surface area contributed by atoms with Crippen molar-refractivity contribution < 1.29 is 36.3 Å². The van der Waals surface area contributed by atoms with Crippen molar-refractivity contribution in [3.8, 4) is 0 Å². The minimum atomic E-state index is -3.55. The van der Waals surface area contributed by atoms with E-state index in [1.165, 1.54) is 0 Å². The molecule has 3 rings (SSSR count). The third-order valence-electron chi connectivity index (χ3n) is 9.93. The topological polar surface area (TPSA) is 97.4 Å². The number of hydrogen-bond donors (Lipinski definition) is 0. The van der Waals surface area contributed by atoms with Gasteiger partial charge in [-0.1, -0.05) is 47.3 Å². The van der Waals surface area contributed by atoms with Gasteiger partial charge in [-0.25, -0.2) is 0 Å². The van der Waals surface area contributed by atoms with Gasteiger partial charge in [0, 0.05) is 12.3 Å². The average molecular weight is 641 g/mol. The molecule has 3 saturated heterocycles. The molecule has 3 fully saturated rings. The fourth-order valence-electron chi connectivity index (χ4n) is 6.70. The van der Waals surface area contributed by atoms with Gasteiger partial charge in [-0.15, -0.1) is 0 Å². The van der Waals surface area contributed by atoms with Crippen molar-refractivity contribution in [1.82, 2.24) is 0 Å². The van der Waals surface area contributed by atoms with Gasteiger partial charge < -0.3 is 18.9 Å². The molecule has 0 aromatic heterocycles. The molecule has 0 amide bonds. The number of carbonyl (C=O) groups is 1. The molecule has 0 aromatic carbocycles. The molecule has 10 atom stereocenters. The number of esters is 1. The van der Waals surface area contributed by atoms with Crippen LogP contribution in [-0.4, -0.2) is 70.5 Å². The van der Waals surface area contributed by atoms with Gasteiger partial charge in [0.2, 0.25) is 0 Å². The first-order chi connectivity index (χ1) is 20.5. The summed E-state index contributed by atoms with van der Waals surface area (Å²) < 4.78 is 54.1. The molecule has 9 heteroatoms. The van der Waals surface area contributed by atoms with Crippen molar-refractivity contribution in [2.24, 2.45) is 29.1 Å². The molecule has 3 aliphatic rings. The van der Waals surface area contributed by atoms with Gasteiger partial charge in [-0.05, 0) is 94.6 Å². The zero-order valence-corrected chi connectivity index (χ0v) is 29.5. The second kappa shape index (κ2) is 16.0. The first-order valence-corrected chi connectivity index (χ1v) is 18.6. The summed E-state index contributed by atoms with van der Waals surface area (Å²) in [5.41, 5.74) is 1.72. The van der Waals surface area contributed by atoms with Crippen LogP contribution in [-0.2, 0) is 38.0 Å². The first-order valence-electron chi connectivity index (χ1n) is 16.8. The van der Waals surface area contributed by atoms with Crippen molar-refractivity contribution in [2.75, 3.05) is 19.5 Å². The van der Waals surface area contributed by atoms with Crippen molar-refractivity contribution in [3.05, 3.63) is 24.3 Å². The van der Waals surface area contributed by atoms with Crippen LogP contribution in [0.1, 0.15) is 106 Å². The molecule has 0 aliphatic carbocycles. The van der Waals surface area contributed by atoms with Gasteiger partial charge in [-0.3, -0.25) is 8.98 Å². The highest BCUT2D eigenvalue weighted by Crippen LogP contribution is 2.42. The largest absolute Gasteiger partial charge is 0.465 e. The molecule has 254 valence electrons. The lowest BCUT2D eigenvalue weighted by Gasteiger charge is -2.38. The van der Waals surface area contributed by atoms with Gasteiger partial charge in [-0.2, -0.15) is 8.42 Å². The Hall–Kier alpha value is -1.26. The monoisotopic (exact) mass is 640 g/mol. The highest BCUT2D eigenvalue weighted by molar-refractivity contribution is 7.85. The van der Waals surface area contributed by atoms with E-state index in [9.17, 15) is 13.2 Å². The van der Waals surface area contributed by atoms with Crippen LogP contribution in [0.25, 0.3) is 0 Å². The highest BCUT2D eigenvalue weighted by atomic mass is 32.2. The summed E-state index contributed by atoms with van der Waals surface area (Å²) in [5, 5.41) is 0. The van der Waals surface area contributed by atoms with E-state index in [2.05, 4.69) is 40.9 Å². The summed E-state index contributed by atoms with van der Waals surface area (Å²) in [5.74, 6) is 0.823. The standard InChI is InChI=1S/C35H60O8S/c1-11-22(2)17-31-26(6)29(21-40-44(10,37)38)33(43-31)20-32-25(5)23(3)18-28(42-32)14-15-30-24(4)19-27(41-30)13-12-16-39-34(36)35(7,8)9/h22-23,26-33H,4-5,11-21H2,1-3,6-10H3/t22-,23-,26-,27+,28+,29?,30?,31-,32?,33+/m1/s1. The lowest BCUT2D eigenvalue weighted by Crippen LogP contribution is -2.38. The lowest BCUT2D eigenvalue weighted by molar-refractivity contribution is -0.153. The number of carbonyl (C=O) groups excluding carboxylic acids is 1. The second-order valence-electron chi connectivity index (χ2n) is 14.9. The molecular weight excluding hydrogens is 580 g/mol. The fourth-order valence-corrected chi connectivity index (χ4v) is 7.11. The minimum Gasteiger partial charge on any atom is -0.465 e. The zero-order valence-electron chi connectivity index (χ0n) is 28.6. The van der Waals surface area contributed by atoms with E-state index in [1.807, 2.05) is 20.8 Å². The van der Waals surface area contributed by atoms with Crippen LogP contribution in [0.3, 0.4) is 0 Å². The molecule has 0 bridgehead atoms. The summed E-state index contributed by atoms with van der Waals surface area (Å²) in [6.45, 7) is 23.6. The van der Waals surface area contributed by atoms with Crippen molar-refractivity contribution >= 4 is 16.1 Å². The van der Waals surface area contributed by atoms with Crippen LogP contribution in [0, 0.1) is 29.1 Å². The van der Waals surface area contributed by atoms with Crippen LogP contribution in [0.5, 0.6) is 0 Å². The molecule has 3 heterocycles. The molecule has 0 aromatic rings. The number of rotatable bonds is 15. The molecule has 44 heavy (non-hydrogen) atoms. The summed E-state index contributed by atoms with van der Waals surface area (Å²) >= 11 is 0. The Balaban J connectivity index is 1.53. The Bertz CT molecular complexity index is 1080. The lowest BCUT2D eigenvalue weighted by atomic mass is 9.81. The van der Waals surface area contributed by atoms with E-state index < -0.39 is 15.5 Å². The van der Waals surface area contributed by atoms with E-state index in [1.54, 1.807) is 0 Å². The Labute approximate surface area is 267 Å². The summed E-state index contributed by atoms with van der Waals surface area (Å²) in [6, 6.07) is 0. The van der Waals surface area contributed by atoms with E-state index in [0.717, 1.165) is 68.8 Å². The quantitative estimate of drug-likeness (QED) is 0.0815. The molecular formula is C35H60O8S. The van der Waals surface area contributed by atoms with Gasteiger partial charge >= 0.3 is 5.97 Å². The predicted molar refractivity (Wildman–Crippen MR) is 174 cm³/mol. The summed E-state index contributed by atoms with van der Waals surface area (Å²) in [4.78, 5) is 12.0. The summed E-state index contributed by atoms with van der Waals surface area (Å²) in [7, 11) is -3.55. The maximum absolute atomic E-state index is 12.0. The Morgan fingerprint density at radius 1 is 1.02 bits per heavy atom. The van der Waals surface area contributed by atoms with Gasteiger partial charge in [0.15, 0.2) is 0 Å². The van der Waals surface area contributed by atoms with E-state index >= 15 is 0 Å². The first kappa shape index (κ1) is 37.2. The summed E-state index contributed by atoms with van der Waals surface area (Å²) in [6.07, 6.45) is 8.81. The number of ether oxygens (including phenoxy) is 4. The van der Waals surface area contributed by atoms with Gasteiger partial charge in [0.05, 0.1) is 61.5 Å². The van der Waals surface area contributed by atoms with Crippen molar-refractivity contribution in [1.29, 1.82) is 0 Å². The molecule has 3 unspecified atom stereocenters. The maximum atomic E-state index is 12.0. The highest BCUT2D eigenvalue weighted by Gasteiger charge is 2.45. The van der Waals surface area contributed by atoms with Crippen LogP contribution >= 0.6 is 0 Å². The fraction of sp³-hybridized carbons (Fsp3) is 0.857. The Kier molecular flexibility index (Phi) is 13.6. The Morgan fingerprint density at radius 3 is 2.34 bits per heavy atom. The number of hydrogen-bond acceptors (Lipinski definition) is 8. The van der Waals surface area contributed by atoms with Crippen LogP contribution in [0.2, 0.25) is 0 Å². The molecule has 0 spiro atoms. The van der Waals surface area contributed by atoms with Crippen molar-refractivity contribution in [2.45, 2.75) is 143 Å². The van der Waals surface area contributed by atoms with Crippen LogP contribution < -0.4 is 0 Å². The predicted octanol–water partition coefficient (Wildman–Crippen LogP) is 7.02. The third-order valence-corrected chi connectivity index (χ3v) is 10.5. The normalized spacial score (nSPS) is 34.0. The second-order valence-corrected chi connectivity index (χ2v) is 16.5. The molecule has 3 aliphatic heterocycles. The SMILES string of the molecule is C=C1C[C@H](CCCOC(=O)C(C)(C)C)OC1CC[C@H]1C[C@@H](C)C(=C)C(C[C@@H]2O[C@H](C[C@H](C)CC)[C@H](C)C2COS(C)(=O)=O)O1. The van der Waals surface area contributed by atoms with E-state index in [4.69, 9.17) is 23.1 Å². The molecule has 0 N–H and O–H groups in total. The smallest absolute Gasteiger partial charge is 0.311 e. The van der Waals surface area contributed by atoms with E-state index in [-0.39, 0.29) is 61.0 Å². The Morgan fingerprint density at radius 2 is 1.70 bits per heavy atom. The van der Waals surface area contributed by atoms with Crippen LogP contribution in [0.15, 0.2) is 24.3 Å². The van der Waals surface area contributed by atoms with Gasteiger partial charge in [0.25, 0.3) is 10.1 Å². The minimum absolute atomic E-state index is 0.0115.